The molecular formula is C19H36IN5O2S. The fourth-order valence-electron chi connectivity index (χ4n) is 2.47. The molecule has 0 aliphatic heterocycles. The summed E-state index contributed by atoms with van der Waals surface area (Å²) in [4.78, 5) is 21.0. The van der Waals surface area contributed by atoms with Gasteiger partial charge < -0.3 is 20.7 Å². The van der Waals surface area contributed by atoms with Gasteiger partial charge in [-0.25, -0.2) is 14.8 Å². The summed E-state index contributed by atoms with van der Waals surface area (Å²) in [6, 6.07) is -0.0275. The first-order valence-electron chi connectivity index (χ1n) is 9.75. The van der Waals surface area contributed by atoms with Gasteiger partial charge in [0.1, 0.15) is 5.01 Å². The summed E-state index contributed by atoms with van der Waals surface area (Å²) in [5.41, 5.74) is 1.11. The van der Waals surface area contributed by atoms with Gasteiger partial charge >= 0.3 is 6.09 Å². The van der Waals surface area contributed by atoms with Crippen molar-refractivity contribution in [1.29, 1.82) is 0 Å². The predicted octanol–water partition coefficient (Wildman–Crippen LogP) is 4.10. The first kappa shape index (κ1) is 26.9. The van der Waals surface area contributed by atoms with Crippen LogP contribution < -0.4 is 16.0 Å². The Morgan fingerprint density at radius 3 is 2.50 bits per heavy atom. The highest BCUT2D eigenvalue weighted by Gasteiger charge is 2.15. The zero-order chi connectivity index (χ0) is 20.2. The second-order valence-electron chi connectivity index (χ2n) is 7.09. The van der Waals surface area contributed by atoms with Crippen LogP contribution in [0.15, 0.2) is 10.4 Å². The van der Waals surface area contributed by atoms with Crippen LogP contribution in [0.25, 0.3) is 0 Å². The molecule has 1 aromatic rings. The lowest BCUT2D eigenvalue weighted by Crippen LogP contribution is -2.47. The lowest BCUT2D eigenvalue weighted by Gasteiger charge is -2.22. The molecule has 0 spiro atoms. The van der Waals surface area contributed by atoms with Crippen LogP contribution in [0.3, 0.4) is 0 Å². The highest BCUT2D eigenvalue weighted by atomic mass is 127. The molecule has 0 saturated heterocycles. The minimum atomic E-state index is -0.379. The number of alkyl carbamates (subject to hydrolysis) is 1. The van der Waals surface area contributed by atoms with Gasteiger partial charge in [0, 0.05) is 24.5 Å². The van der Waals surface area contributed by atoms with Gasteiger partial charge in [0.2, 0.25) is 0 Å². The quantitative estimate of drug-likeness (QED) is 0.243. The molecule has 28 heavy (non-hydrogen) atoms. The van der Waals surface area contributed by atoms with Gasteiger partial charge in [-0.3, -0.25) is 0 Å². The van der Waals surface area contributed by atoms with Crippen molar-refractivity contribution < 1.29 is 9.53 Å². The van der Waals surface area contributed by atoms with Crippen molar-refractivity contribution in [2.75, 3.05) is 19.7 Å². The Morgan fingerprint density at radius 2 is 1.96 bits per heavy atom. The van der Waals surface area contributed by atoms with E-state index in [-0.39, 0.29) is 36.1 Å². The van der Waals surface area contributed by atoms with Gasteiger partial charge in [-0.05, 0) is 32.1 Å². The Kier molecular flexibility index (Phi) is 14.3. The topological polar surface area (TPSA) is 87.6 Å². The summed E-state index contributed by atoms with van der Waals surface area (Å²) in [6.07, 6.45) is 0.478. The van der Waals surface area contributed by atoms with Crippen LogP contribution in [0.1, 0.15) is 64.6 Å². The number of hydrogen-bond donors (Lipinski definition) is 3. The molecule has 1 heterocycles. The van der Waals surface area contributed by atoms with Crippen LogP contribution in [0.5, 0.6) is 0 Å². The number of nitrogens with one attached hydrogen (secondary N) is 3. The summed E-state index contributed by atoms with van der Waals surface area (Å²) in [5.74, 6) is 1.61. The van der Waals surface area contributed by atoms with Crippen LogP contribution in [0.2, 0.25) is 0 Å². The average Bonchev–Trinajstić information content (AvgIpc) is 3.06. The number of hydrogen-bond acceptors (Lipinski definition) is 5. The number of amides is 1. The highest BCUT2D eigenvalue weighted by Crippen LogP contribution is 2.18. The third-order valence-corrected chi connectivity index (χ3v) is 4.60. The van der Waals surface area contributed by atoms with Crippen LogP contribution in [-0.2, 0) is 11.3 Å². The normalized spacial score (nSPS) is 12.5. The number of carbonyl (C=O) groups is 1. The maximum Gasteiger partial charge on any atom is 0.407 e. The molecule has 7 nitrogen and oxygen atoms in total. The minimum absolute atomic E-state index is 0. The van der Waals surface area contributed by atoms with Crippen molar-refractivity contribution in [3.05, 3.63) is 16.1 Å². The van der Waals surface area contributed by atoms with Crippen LogP contribution in [-0.4, -0.2) is 42.8 Å². The Hall–Kier alpha value is -1.10. The van der Waals surface area contributed by atoms with E-state index in [1.165, 1.54) is 0 Å². The Morgan fingerprint density at radius 1 is 1.25 bits per heavy atom. The number of aliphatic imine (C=N–C) groups is 1. The van der Waals surface area contributed by atoms with E-state index in [1.807, 2.05) is 6.92 Å². The lowest BCUT2D eigenvalue weighted by molar-refractivity contribution is 0.146. The number of halogens is 1. The van der Waals surface area contributed by atoms with E-state index in [9.17, 15) is 4.79 Å². The van der Waals surface area contributed by atoms with Gasteiger partial charge in [0.05, 0.1) is 18.8 Å². The molecule has 0 bridgehead atoms. The van der Waals surface area contributed by atoms with Crippen LogP contribution >= 0.6 is 35.3 Å². The number of carbonyl (C=O) groups excluding carboxylic acids is 1. The fourth-order valence-corrected chi connectivity index (χ4v) is 3.35. The van der Waals surface area contributed by atoms with Crippen molar-refractivity contribution in [1.82, 2.24) is 20.9 Å². The number of ether oxygens (including phenoxy) is 1. The number of thiazole rings is 1. The summed E-state index contributed by atoms with van der Waals surface area (Å²) in [7, 11) is 0. The van der Waals surface area contributed by atoms with E-state index in [0.717, 1.165) is 29.6 Å². The van der Waals surface area contributed by atoms with Crippen molar-refractivity contribution >= 4 is 47.4 Å². The monoisotopic (exact) mass is 525 g/mol. The molecule has 1 rings (SSSR count). The van der Waals surface area contributed by atoms with E-state index in [1.54, 1.807) is 18.3 Å². The van der Waals surface area contributed by atoms with E-state index in [0.29, 0.717) is 31.5 Å². The fraction of sp³-hybridized carbons (Fsp3) is 0.737. The summed E-state index contributed by atoms with van der Waals surface area (Å²) >= 11 is 1.64. The van der Waals surface area contributed by atoms with Crippen molar-refractivity contribution in [2.24, 2.45) is 10.9 Å². The van der Waals surface area contributed by atoms with E-state index in [4.69, 9.17) is 4.74 Å². The number of nitrogens with zero attached hydrogens (tertiary/aromatic N) is 2. The highest BCUT2D eigenvalue weighted by molar-refractivity contribution is 14.0. The maximum absolute atomic E-state index is 11.8. The molecule has 0 aliphatic carbocycles. The smallest absolute Gasteiger partial charge is 0.407 e. The predicted molar refractivity (Wildman–Crippen MR) is 128 cm³/mol. The molecule has 1 atom stereocenters. The SMILES string of the molecule is CCNC(=NCc1nc(C(C)C)cs1)NCC(CC(C)C)NC(=O)OCC.I. The summed E-state index contributed by atoms with van der Waals surface area (Å²) in [5, 5.41) is 12.6. The van der Waals surface area contributed by atoms with Crippen molar-refractivity contribution in [3.63, 3.8) is 0 Å². The number of rotatable bonds is 10. The van der Waals surface area contributed by atoms with Crippen LogP contribution in [0.4, 0.5) is 4.79 Å². The van der Waals surface area contributed by atoms with Crippen molar-refractivity contribution in [2.45, 2.75) is 66.5 Å². The molecule has 0 aromatic carbocycles. The van der Waals surface area contributed by atoms with Gasteiger partial charge in [-0.1, -0.05) is 27.7 Å². The summed E-state index contributed by atoms with van der Waals surface area (Å²) < 4.78 is 5.00. The standard InChI is InChI=1S/C19H35N5O2S.HI/c1-7-20-18(22-11-17-24-16(12-27-17)14(5)6)21-10-15(9-13(3)4)23-19(25)26-8-2;/h12-15H,7-11H2,1-6H3,(H,23,25)(H2,20,21,22);1H. The molecule has 1 amide bonds. The third-order valence-electron chi connectivity index (χ3n) is 3.75. The minimum Gasteiger partial charge on any atom is -0.450 e. The van der Waals surface area contributed by atoms with Gasteiger partial charge in [0.15, 0.2) is 5.96 Å². The first-order chi connectivity index (χ1) is 12.8. The molecule has 1 aromatic heterocycles. The zero-order valence-corrected chi connectivity index (χ0v) is 21.0. The van der Waals surface area contributed by atoms with Gasteiger partial charge in [0.25, 0.3) is 0 Å². The number of guanidine groups is 1. The average molecular weight is 526 g/mol. The molecule has 1 unspecified atom stereocenters. The molecule has 162 valence electrons. The number of aromatic nitrogens is 1. The van der Waals surface area contributed by atoms with Crippen LogP contribution in [0, 0.1) is 5.92 Å². The second kappa shape index (κ2) is 14.8. The molecule has 0 aliphatic rings. The molecule has 0 fully saturated rings. The summed E-state index contributed by atoms with van der Waals surface area (Å²) in [6.45, 7) is 14.6. The van der Waals surface area contributed by atoms with Crippen molar-refractivity contribution in [3.8, 4) is 0 Å². The van der Waals surface area contributed by atoms with E-state index < -0.39 is 0 Å². The Labute approximate surface area is 190 Å². The molecule has 9 heteroatoms. The molecule has 0 saturated carbocycles. The van der Waals surface area contributed by atoms with E-state index >= 15 is 0 Å². The molecule has 0 radical (unpaired) electrons. The molecular weight excluding hydrogens is 489 g/mol. The Balaban J connectivity index is 0.00000729. The van der Waals surface area contributed by atoms with E-state index in [2.05, 4.69) is 59.0 Å². The first-order valence-corrected chi connectivity index (χ1v) is 10.6. The Bertz CT molecular complexity index is 593. The maximum atomic E-state index is 11.8. The zero-order valence-electron chi connectivity index (χ0n) is 17.9. The molecule has 3 N–H and O–H groups in total. The lowest BCUT2D eigenvalue weighted by atomic mass is 10.0. The van der Waals surface area contributed by atoms with Gasteiger partial charge in [-0.15, -0.1) is 35.3 Å². The largest absolute Gasteiger partial charge is 0.450 e. The van der Waals surface area contributed by atoms with Gasteiger partial charge in [-0.2, -0.15) is 0 Å². The third kappa shape index (κ3) is 11.0. The second-order valence-corrected chi connectivity index (χ2v) is 8.03.